The van der Waals surface area contributed by atoms with Crippen molar-refractivity contribution in [2.75, 3.05) is 26.7 Å². The summed E-state index contributed by atoms with van der Waals surface area (Å²) in [6.07, 6.45) is 7.59. The Morgan fingerprint density at radius 1 is 1.16 bits per heavy atom. The Balaban J connectivity index is 2.04. The molecule has 1 aliphatic heterocycles. The van der Waals surface area contributed by atoms with Gasteiger partial charge < -0.3 is 9.80 Å². The van der Waals surface area contributed by atoms with Gasteiger partial charge in [0.05, 0.1) is 6.04 Å². The van der Waals surface area contributed by atoms with Crippen LogP contribution in [0.2, 0.25) is 0 Å². The van der Waals surface area contributed by atoms with Crippen molar-refractivity contribution >= 4 is 5.96 Å². The van der Waals surface area contributed by atoms with Crippen LogP contribution in [0.4, 0.5) is 0 Å². The minimum atomic E-state index is 0.464. The molecule has 2 fully saturated rings. The van der Waals surface area contributed by atoms with E-state index < -0.39 is 0 Å². The molecule has 2 rings (SSSR count). The molecular weight excluding hydrogens is 238 g/mol. The summed E-state index contributed by atoms with van der Waals surface area (Å²) in [7, 11) is 2.19. The molecule has 1 saturated carbocycles. The molecule has 2 aliphatic rings. The van der Waals surface area contributed by atoms with Gasteiger partial charge in [0.2, 0.25) is 5.96 Å². The Kier molecular flexibility index (Phi) is 5.45. The van der Waals surface area contributed by atoms with Gasteiger partial charge in [-0.1, -0.05) is 19.3 Å². The number of hydrogen-bond donors (Lipinski definition) is 2. The maximum Gasteiger partial charge on any atom is 0.208 e. The number of nitrogens with one attached hydrogen (secondary N) is 1. The lowest BCUT2D eigenvalue weighted by molar-refractivity contribution is 0.278. The number of aliphatic imine (C=N–C) groups is 1. The highest BCUT2D eigenvalue weighted by Gasteiger charge is 2.23. The molecule has 1 saturated heterocycles. The fourth-order valence-electron chi connectivity index (χ4n) is 3.26. The number of guanidine groups is 1. The predicted molar refractivity (Wildman–Crippen MR) is 79.9 cm³/mol. The number of nitrogens with zero attached hydrogens (tertiary/aromatic N) is 3. The predicted octanol–water partition coefficient (Wildman–Crippen LogP) is 1.16. The van der Waals surface area contributed by atoms with E-state index in [1.807, 2.05) is 0 Å². The molecule has 110 valence electrons. The normalized spacial score (nSPS) is 28.3. The van der Waals surface area contributed by atoms with E-state index >= 15 is 0 Å². The third-order valence-electron chi connectivity index (χ3n) is 4.33. The van der Waals surface area contributed by atoms with E-state index in [0.717, 1.165) is 25.6 Å². The SMILES string of the molecule is CC1CN(C)CCCN1C(=NC1CCCCC1)NN. The van der Waals surface area contributed by atoms with Gasteiger partial charge in [0.15, 0.2) is 0 Å². The lowest BCUT2D eigenvalue weighted by Gasteiger charge is -2.31. The molecule has 0 aromatic heterocycles. The molecule has 0 amide bonds. The molecule has 0 aromatic carbocycles. The van der Waals surface area contributed by atoms with E-state index in [1.165, 1.54) is 38.5 Å². The fourth-order valence-corrected chi connectivity index (χ4v) is 3.26. The van der Waals surface area contributed by atoms with Gasteiger partial charge in [-0.25, -0.2) is 10.8 Å². The van der Waals surface area contributed by atoms with Gasteiger partial charge in [-0.15, -0.1) is 0 Å². The Bertz CT molecular complexity index is 298. The molecule has 5 nitrogen and oxygen atoms in total. The lowest BCUT2D eigenvalue weighted by atomic mass is 9.96. The summed E-state index contributed by atoms with van der Waals surface area (Å²) in [6.45, 7) is 5.53. The molecule has 19 heavy (non-hydrogen) atoms. The first-order chi connectivity index (χ1) is 9.20. The second-order valence-electron chi connectivity index (χ2n) is 6.05. The van der Waals surface area contributed by atoms with Gasteiger partial charge >= 0.3 is 0 Å². The number of nitrogens with two attached hydrogens (primary N) is 1. The molecule has 5 heteroatoms. The first-order valence-electron chi connectivity index (χ1n) is 7.70. The van der Waals surface area contributed by atoms with Gasteiger partial charge in [-0.05, 0) is 39.8 Å². The third-order valence-corrected chi connectivity index (χ3v) is 4.33. The van der Waals surface area contributed by atoms with Crippen LogP contribution in [0.25, 0.3) is 0 Å². The summed E-state index contributed by atoms with van der Waals surface area (Å²) in [5, 5.41) is 0. The monoisotopic (exact) mass is 267 g/mol. The van der Waals surface area contributed by atoms with Crippen LogP contribution < -0.4 is 11.3 Å². The first kappa shape index (κ1) is 14.6. The van der Waals surface area contributed by atoms with Gasteiger partial charge in [0, 0.05) is 19.1 Å². The van der Waals surface area contributed by atoms with Crippen LogP contribution in [0.1, 0.15) is 45.4 Å². The van der Waals surface area contributed by atoms with Crippen LogP contribution in [-0.4, -0.2) is 54.5 Å². The standard InChI is InChI=1S/C14H29N5/c1-12-11-18(2)9-6-10-19(12)14(17-15)16-13-7-4-3-5-8-13/h12-13H,3-11,15H2,1-2H3,(H,16,17). The maximum absolute atomic E-state index is 5.73. The van der Waals surface area contributed by atoms with E-state index in [2.05, 4.69) is 29.2 Å². The molecule has 0 spiro atoms. The minimum Gasteiger partial charge on any atom is -0.338 e. The molecule has 1 atom stereocenters. The summed E-state index contributed by atoms with van der Waals surface area (Å²) in [4.78, 5) is 9.62. The molecular formula is C14H29N5. The van der Waals surface area contributed by atoms with Gasteiger partial charge in [0.25, 0.3) is 0 Å². The number of rotatable bonds is 1. The highest BCUT2D eigenvalue weighted by atomic mass is 15.4. The van der Waals surface area contributed by atoms with Crippen LogP contribution >= 0.6 is 0 Å². The Morgan fingerprint density at radius 3 is 2.58 bits per heavy atom. The van der Waals surface area contributed by atoms with Crippen molar-refractivity contribution in [2.24, 2.45) is 10.8 Å². The largest absolute Gasteiger partial charge is 0.338 e. The first-order valence-corrected chi connectivity index (χ1v) is 7.70. The average Bonchev–Trinajstić information content (AvgIpc) is 2.58. The summed E-state index contributed by atoms with van der Waals surface area (Å²) >= 11 is 0. The quantitative estimate of drug-likeness (QED) is 0.324. The smallest absolute Gasteiger partial charge is 0.208 e. The molecule has 1 heterocycles. The number of hydrogen-bond acceptors (Lipinski definition) is 3. The van der Waals surface area contributed by atoms with Crippen molar-refractivity contribution in [2.45, 2.75) is 57.5 Å². The second-order valence-corrected chi connectivity index (χ2v) is 6.05. The van der Waals surface area contributed by atoms with Crippen molar-refractivity contribution in [3.8, 4) is 0 Å². The second kappa shape index (κ2) is 7.10. The van der Waals surface area contributed by atoms with E-state index in [-0.39, 0.29) is 0 Å². The van der Waals surface area contributed by atoms with Crippen LogP contribution in [0.5, 0.6) is 0 Å². The molecule has 1 unspecified atom stereocenters. The van der Waals surface area contributed by atoms with Gasteiger partial charge in [-0.2, -0.15) is 0 Å². The van der Waals surface area contributed by atoms with Crippen molar-refractivity contribution in [1.29, 1.82) is 0 Å². The molecule has 0 bridgehead atoms. The van der Waals surface area contributed by atoms with Crippen molar-refractivity contribution < 1.29 is 0 Å². The minimum absolute atomic E-state index is 0.464. The summed E-state index contributed by atoms with van der Waals surface area (Å²) in [6, 6.07) is 0.930. The molecule has 1 aliphatic carbocycles. The van der Waals surface area contributed by atoms with Crippen LogP contribution in [-0.2, 0) is 0 Å². The van der Waals surface area contributed by atoms with Crippen molar-refractivity contribution in [3.05, 3.63) is 0 Å². The van der Waals surface area contributed by atoms with Crippen molar-refractivity contribution in [3.63, 3.8) is 0 Å². The zero-order chi connectivity index (χ0) is 13.7. The third kappa shape index (κ3) is 4.08. The topological polar surface area (TPSA) is 56.9 Å². The van der Waals surface area contributed by atoms with Gasteiger partial charge in [0.1, 0.15) is 0 Å². The summed E-state index contributed by atoms with van der Waals surface area (Å²) in [5.41, 5.74) is 2.85. The van der Waals surface area contributed by atoms with E-state index in [4.69, 9.17) is 10.8 Å². The molecule has 0 radical (unpaired) electrons. The lowest BCUT2D eigenvalue weighted by Crippen LogP contribution is -2.51. The van der Waals surface area contributed by atoms with E-state index in [1.54, 1.807) is 0 Å². The number of likely N-dealkylation sites (N-methyl/N-ethyl adjacent to an activating group) is 1. The maximum atomic E-state index is 5.73. The van der Waals surface area contributed by atoms with Crippen LogP contribution in [0.3, 0.4) is 0 Å². The number of hydrazine groups is 1. The van der Waals surface area contributed by atoms with Gasteiger partial charge in [-0.3, -0.25) is 5.43 Å². The molecule has 0 aromatic rings. The fraction of sp³-hybridized carbons (Fsp3) is 0.929. The summed E-state index contributed by atoms with van der Waals surface area (Å²) < 4.78 is 0. The summed E-state index contributed by atoms with van der Waals surface area (Å²) in [5.74, 6) is 6.63. The Hall–Kier alpha value is -0.810. The highest BCUT2D eigenvalue weighted by molar-refractivity contribution is 5.80. The highest BCUT2D eigenvalue weighted by Crippen LogP contribution is 2.21. The Labute approximate surface area is 117 Å². The van der Waals surface area contributed by atoms with Crippen LogP contribution in [0, 0.1) is 0 Å². The zero-order valence-corrected chi connectivity index (χ0v) is 12.4. The van der Waals surface area contributed by atoms with E-state index in [9.17, 15) is 0 Å². The Morgan fingerprint density at radius 2 is 1.89 bits per heavy atom. The van der Waals surface area contributed by atoms with E-state index in [0.29, 0.717) is 12.1 Å². The van der Waals surface area contributed by atoms with Crippen LogP contribution in [0.15, 0.2) is 4.99 Å². The zero-order valence-electron chi connectivity index (χ0n) is 12.4. The van der Waals surface area contributed by atoms with Crippen molar-refractivity contribution in [1.82, 2.24) is 15.2 Å². The molecule has 3 N–H and O–H groups in total. The average molecular weight is 267 g/mol.